The molecule has 0 saturated carbocycles. The van der Waals surface area contributed by atoms with Crippen molar-refractivity contribution in [3.05, 3.63) is 35.4 Å². The number of hydrogen-bond donors (Lipinski definition) is 1. The van der Waals surface area contributed by atoms with E-state index in [2.05, 4.69) is 15.5 Å². The van der Waals surface area contributed by atoms with Crippen molar-refractivity contribution in [1.29, 1.82) is 0 Å². The van der Waals surface area contributed by atoms with Crippen molar-refractivity contribution >= 4 is 17.5 Å². The van der Waals surface area contributed by atoms with E-state index in [1.165, 1.54) is 10.9 Å². The van der Waals surface area contributed by atoms with Gasteiger partial charge >= 0.3 is 0 Å². The van der Waals surface area contributed by atoms with Gasteiger partial charge in [-0.1, -0.05) is 11.6 Å². The van der Waals surface area contributed by atoms with Gasteiger partial charge < -0.3 is 5.32 Å². The van der Waals surface area contributed by atoms with Crippen LogP contribution in [-0.4, -0.2) is 25.5 Å². The largest absolute Gasteiger partial charge is 0.349 e. The number of aryl methyl sites for hydroxylation is 1. The quantitative estimate of drug-likeness (QED) is 0.904. The van der Waals surface area contributed by atoms with E-state index in [-0.39, 0.29) is 5.91 Å². The first-order chi connectivity index (χ1) is 8.58. The summed E-state index contributed by atoms with van der Waals surface area (Å²) in [4.78, 5) is 11.9. The molecular formula is C11H14ClN5O. The highest BCUT2D eigenvalue weighted by Crippen LogP contribution is 2.10. The van der Waals surface area contributed by atoms with Crippen LogP contribution in [0, 0.1) is 0 Å². The lowest BCUT2D eigenvalue weighted by Crippen LogP contribution is -2.31. The van der Waals surface area contributed by atoms with Gasteiger partial charge in [-0.15, -0.1) is 0 Å². The lowest BCUT2D eigenvalue weighted by molar-refractivity contribution is -0.124. The molecule has 0 aliphatic rings. The maximum absolute atomic E-state index is 11.9. The lowest BCUT2D eigenvalue weighted by Gasteiger charge is -2.12. The van der Waals surface area contributed by atoms with Gasteiger partial charge in [-0.3, -0.25) is 14.2 Å². The summed E-state index contributed by atoms with van der Waals surface area (Å²) in [6, 6.07) is 1.46. The van der Waals surface area contributed by atoms with Crippen LogP contribution in [-0.2, 0) is 18.4 Å². The second-order valence-corrected chi connectivity index (χ2v) is 4.41. The lowest BCUT2D eigenvalue weighted by atomic mass is 10.3. The van der Waals surface area contributed by atoms with Gasteiger partial charge in [-0.25, -0.2) is 0 Å². The molecule has 2 aromatic heterocycles. The predicted octanol–water partition coefficient (Wildman–Crippen LogP) is 1.15. The maximum Gasteiger partial charge on any atom is 0.244 e. The Morgan fingerprint density at radius 1 is 1.56 bits per heavy atom. The first-order valence-corrected chi connectivity index (χ1v) is 5.90. The van der Waals surface area contributed by atoms with Crippen molar-refractivity contribution in [2.75, 3.05) is 0 Å². The number of amides is 1. The summed E-state index contributed by atoms with van der Waals surface area (Å²) in [5.74, 6) is -0.115. The van der Waals surface area contributed by atoms with Crippen molar-refractivity contribution in [2.45, 2.75) is 19.5 Å². The predicted molar refractivity (Wildman–Crippen MR) is 67.0 cm³/mol. The smallest absolute Gasteiger partial charge is 0.244 e. The Morgan fingerprint density at radius 2 is 2.33 bits per heavy atom. The molecule has 0 radical (unpaired) electrons. The molecule has 0 aliphatic heterocycles. The van der Waals surface area contributed by atoms with Gasteiger partial charge in [-0.05, 0) is 13.0 Å². The first-order valence-electron chi connectivity index (χ1n) is 5.52. The number of carbonyl (C=O) groups excluding carboxylic acids is 1. The van der Waals surface area contributed by atoms with Crippen LogP contribution >= 0.6 is 11.6 Å². The molecule has 0 fully saturated rings. The topological polar surface area (TPSA) is 64.7 Å². The highest BCUT2D eigenvalue weighted by Gasteiger charge is 2.15. The molecule has 0 saturated heterocycles. The summed E-state index contributed by atoms with van der Waals surface area (Å²) in [6.07, 6.45) is 4.82. The van der Waals surface area contributed by atoms with Crippen LogP contribution < -0.4 is 5.32 Å². The Balaban J connectivity index is 1.94. The summed E-state index contributed by atoms with van der Waals surface area (Å²) in [5, 5.41) is 11.4. The number of hydrogen-bond acceptors (Lipinski definition) is 3. The van der Waals surface area contributed by atoms with Crippen LogP contribution in [0.15, 0.2) is 24.7 Å². The summed E-state index contributed by atoms with van der Waals surface area (Å²) >= 11 is 5.76. The highest BCUT2D eigenvalue weighted by molar-refractivity contribution is 6.30. The average molecular weight is 268 g/mol. The third-order valence-corrected chi connectivity index (χ3v) is 2.91. The monoisotopic (exact) mass is 267 g/mol. The normalized spacial score (nSPS) is 12.4. The number of nitrogens with zero attached hydrogens (tertiary/aromatic N) is 4. The molecule has 1 amide bonds. The van der Waals surface area contributed by atoms with E-state index in [1.54, 1.807) is 24.0 Å². The number of aromatic nitrogens is 4. The van der Waals surface area contributed by atoms with Crippen molar-refractivity contribution < 1.29 is 4.79 Å². The zero-order valence-electron chi connectivity index (χ0n) is 10.2. The zero-order chi connectivity index (χ0) is 13.1. The number of carbonyl (C=O) groups is 1. The fourth-order valence-corrected chi connectivity index (χ4v) is 1.69. The molecule has 0 bridgehead atoms. The summed E-state index contributed by atoms with van der Waals surface area (Å²) in [5.41, 5.74) is 0.939. The van der Waals surface area contributed by atoms with E-state index < -0.39 is 6.04 Å². The molecule has 1 N–H and O–H groups in total. The fourth-order valence-electron chi connectivity index (χ4n) is 1.55. The molecular weight excluding hydrogens is 254 g/mol. The third kappa shape index (κ3) is 2.70. The molecule has 6 nitrogen and oxygen atoms in total. The van der Waals surface area contributed by atoms with Gasteiger partial charge in [-0.2, -0.15) is 10.2 Å². The van der Waals surface area contributed by atoms with Gasteiger partial charge in [0.2, 0.25) is 5.91 Å². The maximum atomic E-state index is 11.9. The molecule has 7 heteroatoms. The molecule has 2 heterocycles. The summed E-state index contributed by atoms with van der Waals surface area (Å²) in [7, 11) is 1.83. The van der Waals surface area contributed by atoms with E-state index >= 15 is 0 Å². The molecule has 1 unspecified atom stereocenters. The number of nitrogens with one attached hydrogen (secondary N) is 1. The highest BCUT2D eigenvalue weighted by atomic mass is 35.5. The Bertz CT molecular complexity index is 547. The van der Waals surface area contributed by atoms with Gasteiger partial charge in [0.25, 0.3) is 0 Å². The van der Waals surface area contributed by atoms with Crippen molar-refractivity contribution in [1.82, 2.24) is 24.9 Å². The average Bonchev–Trinajstić information content (AvgIpc) is 2.94. The van der Waals surface area contributed by atoms with Gasteiger partial charge in [0.05, 0.1) is 23.5 Å². The van der Waals surface area contributed by atoms with E-state index in [0.29, 0.717) is 11.6 Å². The van der Waals surface area contributed by atoms with Crippen molar-refractivity contribution in [3.63, 3.8) is 0 Å². The number of halogens is 1. The fraction of sp³-hybridized carbons (Fsp3) is 0.364. The second kappa shape index (κ2) is 5.22. The second-order valence-electron chi connectivity index (χ2n) is 3.98. The van der Waals surface area contributed by atoms with E-state index in [4.69, 9.17) is 11.6 Å². The molecule has 2 rings (SSSR count). The molecule has 96 valence electrons. The molecule has 18 heavy (non-hydrogen) atoms. The van der Waals surface area contributed by atoms with Crippen LogP contribution in [0.3, 0.4) is 0 Å². The van der Waals surface area contributed by atoms with Crippen molar-refractivity contribution in [3.8, 4) is 0 Å². The van der Waals surface area contributed by atoms with E-state index in [0.717, 1.165) is 5.69 Å². The van der Waals surface area contributed by atoms with Crippen molar-refractivity contribution in [2.24, 2.45) is 7.05 Å². The number of rotatable bonds is 4. The van der Waals surface area contributed by atoms with Crippen LogP contribution in [0.4, 0.5) is 0 Å². The standard InChI is InChI=1S/C11H14ClN5O/c1-8(17-7-9(12)5-15-17)11(18)13-6-10-3-4-14-16(10)2/h3-5,7-8H,6H2,1-2H3,(H,13,18). The van der Waals surface area contributed by atoms with Crippen LogP contribution in [0.1, 0.15) is 18.7 Å². The summed E-state index contributed by atoms with van der Waals surface area (Å²) in [6.45, 7) is 2.20. The third-order valence-electron chi connectivity index (χ3n) is 2.71. The minimum Gasteiger partial charge on any atom is -0.349 e. The Morgan fingerprint density at radius 3 is 2.89 bits per heavy atom. The molecule has 0 aromatic carbocycles. The SMILES string of the molecule is CC(C(=O)NCc1ccnn1C)n1cc(Cl)cn1. The minimum absolute atomic E-state index is 0.115. The molecule has 2 aromatic rings. The van der Waals surface area contributed by atoms with Crippen LogP contribution in [0.2, 0.25) is 5.02 Å². The van der Waals surface area contributed by atoms with Crippen LogP contribution in [0.5, 0.6) is 0 Å². The van der Waals surface area contributed by atoms with Gasteiger partial charge in [0.1, 0.15) is 6.04 Å². The first kappa shape index (κ1) is 12.6. The van der Waals surface area contributed by atoms with E-state index in [9.17, 15) is 4.79 Å². The molecule has 1 atom stereocenters. The summed E-state index contributed by atoms with van der Waals surface area (Å²) < 4.78 is 3.25. The Hall–Kier alpha value is -1.82. The van der Waals surface area contributed by atoms with Gasteiger partial charge in [0.15, 0.2) is 0 Å². The Labute approximate surface area is 110 Å². The van der Waals surface area contributed by atoms with Crippen LogP contribution in [0.25, 0.3) is 0 Å². The minimum atomic E-state index is -0.397. The van der Waals surface area contributed by atoms with Gasteiger partial charge in [0, 0.05) is 19.4 Å². The Kier molecular flexibility index (Phi) is 3.66. The molecule has 0 spiro atoms. The molecule has 0 aliphatic carbocycles. The zero-order valence-corrected chi connectivity index (χ0v) is 10.9. The van der Waals surface area contributed by atoms with E-state index in [1.807, 2.05) is 13.1 Å².